The molecule has 12 heavy (non-hydrogen) atoms. The van der Waals surface area contributed by atoms with Crippen molar-refractivity contribution in [1.29, 1.82) is 0 Å². The largest absolute Gasteiger partial charge is 0.292 e. The fraction of sp³-hybridized carbons (Fsp3) is 1.00. The van der Waals surface area contributed by atoms with Gasteiger partial charge < -0.3 is 0 Å². The molecule has 0 radical (unpaired) electrons. The zero-order valence-corrected chi connectivity index (χ0v) is 8.08. The Bertz CT molecular complexity index is 252. The molecular formula is C6H14N2O3S. The third-order valence-corrected chi connectivity index (χ3v) is 3.30. The third kappa shape index (κ3) is 2.16. The third-order valence-electron chi connectivity index (χ3n) is 2.14. The number of hydrogen-bond acceptors (Lipinski definition) is 4. The van der Waals surface area contributed by atoms with Crippen LogP contribution in [0.4, 0.5) is 0 Å². The van der Waals surface area contributed by atoms with E-state index in [0.29, 0.717) is 13.2 Å². The lowest BCUT2D eigenvalue weighted by atomic mass is 10.6. The number of hydrogen-bond donors (Lipinski definition) is 1. The Hall–Kier alpha value is -0.170. The average molecular weight is 194 g/mol. The molecule has 0 aromatic rings. The predicted octanol–water partition coefficient (Wildman–Crippen LogP) is -0.575. The van der Waals surface area contributed by atoms with Crippen molar-refractivity contribution < 1.29 is 13.0 Å². The Kier molecular flexibility index (Phi) is 2.72. The van der Waals surface area contributed by atoms with Crippen LogP contribution in [0.15, 0.2) is 0 Å². The quantitative estimate of drug-likeness (QED) is 0.596. The van der Waals surface area contributed by atoms with Gasteiger partial charge in [0.2, 0.25) is 0 Å². The van der Waals surface area contributed by atoms with E-state index in [1.165, 1.54) is 6.92 Å². The summed E-state index contributed by atoms with van der Waals surface area (Å²) in [6.07, 6.45) is 0. The minimum absolute atomic E-state index is 0.598. The molecule has 1 N–H and O–H groups in total. The summed E-state index contributed by atoms with van der Waals surface area (Å²) in [6.45, 7) is 3.63. The van der Waals surface area contributed by atoms with E-state index >= 15 is 0 Å². The van der Waals surface area contributed by atoms with Crippen molar-refractivity contribution in [3.05, 3.63) is 0 Å². The predicted molar refractivity (Wildman–Crippen MR) is 45.2 cm³/mol. The van der Waals surface area contributed by atoms with Crippen molar-refractivity contribution in [1.82, 2.24) is 9.80 Å². The molecule has 0 bridgehead atoms. The summed E-state index contributed by atoms with van der Waals surface area (Å²) in [5.41, 5.74) is 0. The van der Waals surface area contributed by atoms with Crippen molar-refractivity contribution in [2.75, 3.05) is 26.8 Å². The van der Waals surface area contributed by atoms with Gasteiger partial charge in [0, 0.05) is 13.1 Å². The average Bonchev–Trinajstić information content (AvgIpc) is 2.32. The monoisotopic (exact) mass is 194 g/mol. The summed E-state index contributed by atoms with van der Waals surface area (Å²) in [5, 5.41) is -0.789. The van der Waals surface area contributed by atoms with Gasteiger partial charge in [-0.05, 0) is 14.0 Å². The van der Waals surface area contributed by atoms with Crippen molar-refractivity contribution in [2.24, 2.45) is 0 Å². The van der Waals surface area contributed by atoms with E-state index in [1.54, 1.807) is 4.90 Å². The maximum atomic E-state index is 10.7. The standard InChI is InChI=1S/C6H14N2O3S/c1-6(12(9,10)11)8-4-3-7(2)5-8/h6H,3-5H2,1-2H3,(H,9,10,11). The summed E-state index contributed by atoms with van der Waals surface area (Å²) < 4.78 is 30.2. The van der Waals surface area contributed by atoms with Crippen LogP contribution >= 0.6 is 0 Å². The molecule has 0 spiro atoms. The van der Waals surface area contributed by atoms with Gasteiger partial charge >= 0.3 is 0 Å². The van der Waals surface area contributed by atoms with Crippen molar-refractivity contribution in [3.8, 4) is 0 Å². The van der Waals surface area contributed by atoms with Crippen LogP contribution in [-0.4, -0.2) is 55.0 Å². The van der Waals surface area contributed by atoms with Crippen molar-refractivity contribution in [2.45, 2.75) is 12.3 Å². The molecule has 0 aromatic carbocycles. The summed E-state index contributed by atoms with van der Waals surface area (Å²) in [4.78, 5) is 3.72. The van der Waals surface area contributed by atoms with Crippen LogP contribution in [0.25, 0.3) is 0 Å². The molecule has 1 unspecified atom stereocenters. The van der Waals surface area contributed by atoms with E-state index in [9.17, 15) is 8.42 Å². The Morgan fingerprint density at radius 3 is 2.33 bits per heavy atom. The van der Waals surface area contributed by atoms with Crippen molar-refractivity contribution in [3.63, 3.8) is 0 Å². The molecule has 1 rings (SSSR count). The van der Waals surface area contributed by atoms with Gasteiger partial charge in [-0.15, -0.1) is 0 Å². The van der Waals surface area contributed by atoms with Crippen LogP contribution in [0.5, 0.6) is 0 Å². The Labute approximate surface area is 72.7 Å². The fourth-order valence-electron chi connectivity index (χ4n) is 1.24. The number of rotatable bonds is 2. The lowest BCUT2D eigenvalue weighted by Gasteiger charge is -2.20. The molecule has 72 valence electrons. The maximum Gasteiger partial charge on any atom is 0.281 e. The second kappa shape index (κ2) is 3.29. The van der Waals surface area contributed by atoms with Gasteiger partial charge in [0.15, 0.2) is 0 Å². The molecule has 1 aliphatic heterocycles. The molecule has 1 atom stereocenters. The van der Waals surface area contributed by atoms with E-state index in [-0.39, 0.29) is 0 Å². The topological polar surface area (TPSA) is 60.9 Å². The highest BCUT2D eigenvalue weighted by Crippen LogP contribution is 2.10. The minimum atomic E-state index is -3.91. The lowest BCUT2D eigenvalue weighted by molar-refractivity contribution is 0.252. The van der Waals surface area contributed by atoms with Gasteiger partial charge in [0.25, 0.3) is 10.1 Å². The first-order valence-electron chi connectivity index (χ1n) is 3.80. The summed E-state index contributed by atoms with van der Waals surface area (Å²) >= 11 is 0. The van der Waals surface area contributed by atoms with Gasteiger partial charge in [-0.25, -0.2) is 0 Å². The first-order chi connectivity index (χ1) is 5.41. The van der Waals surface area contributed by atoms with Crippen LogP contribution < -0.4 is 0 Å². The molecule has 0 saturated carbocycles. The SMILES string of the molecule is CC(N1CCN(C)C1)S(=O)(=O)O. The van der Waals surface area contributed by atoms with Crippen LogP contribution in [-0.2, 0) is 10.1 Å². The molecular weight excluding hydrogens is 180 g/mol. The first kappa shape index (κ1) is 9.91. The lowest BCUT2D eigenvalue weighted by Crippen LogP contribution is -2.37. The molecule has 1 saturated heterocycles. The van der Waals surface area contributed by atoms with E-state index in [1.807, 2.05) is 11.9 Å². The van der Waals surface area contributed by atoms with Crippen molar-refractivity contribution >= 4 is 10.1 Å². The zero-order chi connectivity index (χ0) is 9.35. The van der Waals surface area contributed by atoms with E-state index in [0.717, 1.165) is 6.54 Å². The number of likely N-dealkylation sites (N-methyl/N-ethyl adjacent to an activating group) is 1. The highest BCUT2D eigenvalue weighted by Gasteiger charge is 2.29. The van der Waals surface area contributed by atoms with Crippen LogP contribution in [0.2, 0.25) is 0 Å². The molecule has 1 fully saturated rings. The second-order valence-corrected chi connectivity index (χ2v) is 4.86. The molecule has 0 aliphatic carbocycles. The van der Waals surface area contributed by atoms with Gasteiger partial charge in [0.05, 0.1) is 6.67 Å². The van der Waals surface area contributed by atoms with Gasteiger partial charge in [0.1, 0.15) is 5.37 Å². The highest BCUT2D eigenvalue weighted by molar-refractivity contribution is 7.86. The molecule has 5 nitrogen and oxygen atoms in total. The van der Waals surface area contributed by atoms with E-state index in [2.05, 4.69) is 0 Å². The van der Waals surface area contributed by atoms with Crippen LogP contribution in [0, 0.1) is 0 Å². The van der Waals surface area contributed by atoms with Gasteiger partial charge in [-0.1, -0.05) is 0 Å². The maximum absolute atomic E-state index is 10.7. The van der Waals surface area contributed by atoms with Crippen LogP contribution in [0.3, 0.4) is 0 Å². The smallest absolute Gasteiger partial charge is 0.281 e. The fourth-order valence-corrected chi connectivity index (χ4v) is 1.78. The van der Waals surface area contributed by atoms with Crippen LogP contribution in [0.1, 0.15) is 6.92 Å². The molecule has 1 heterocycles. The normalized spacial score (nSPS) is 24.6. The Morgan fingerprint density at radius 2 is 2.00 bits per heavy atom. The highest BCUT2D eigenvalue weighted by atomic mass is 32.2. The van der Waals surface area contributed by atoms with Gasteiger partial charge in [-0.3, -0.25) is 14.4 Å². The Morgan fingerprint density at radius 1 is 1.42 bits per heavy atom. The molecule has 6 heteroatoms. The van der Waals surface area contributed by atoms with E-state index in [4.69, 9.17) is 4.55 Å². The molecule has 1 aliphatic rings. The van der Waals surface area contributed by atoms with E-state index < -0.39 is 15.5 Å². The Balaban J connectivity index is 2.61. The number of nitrogens with zero attached hydrogens (tertiary/aromatic N) is 2. The zero-order valence-electron chi connectivity index (χ0n) is 7.27. The summed E-state index contributed by atoms with van der Waals surface area (Å²) in [7, 11) is -2.00. The second-order valence-electron chi connectivity index (χ2n) is 3.15. The summed E-state index contributed by atoms with van der Waals surface area (Å²) in [5.74, 6) is 0. The summed E-state index contributed by atoms with van der Waals surface area (Å²) in [6, 6.07) is 0. The van der Waals surface area contributed by atoms with Gasteiger partial charge in [-0.2, -0.15) is 8.42 Å². The minimum Gasteiger partial charge on any atom is -0.292 e. The first-order valence-corrected chi connectivity index (χ1v) is 5.30. The molecule has 0 amide bonds. The molecule has 0 aromatic heterocycles.